The first-order valence-corrected chi connectivity index (χ1v) is 6.57. The van der Waals surface area contributed by atoms with Gasteiger partial charge in [0.05, 0.1) is 13.5 Å². The Bertz CT molecular complexity index is 650. The van der Waals surface area contributed by atoms with Crippen LogP contribution in [0.1, 0.15) is 23.2 Å². The summed E-state index contributed by atoms with van der Waals surface area (Å²) in [6.45, 7) is 0. The van der Waals surface area contributed by atoms with Crippen molar-refractivity contribution in [2.75, 3.05) is 7.11 Å². The summed E-state index contributed by atoms with van der Waals surface area (Å²) in [7, 11) is 1.27. The van der Waals surface area contributed by atoms with E-state index < -0.39 is 11.8 Å². The second-order valence-electron chi connectivity index (χ2n) is 4.56. The highest BCUT2D eigenvalue weighted by Gasteiger charge is 2.12. The Balaban J connectivity index is 2.16. The summed E-state index contributed by atoms with van der Waals surface area (Å²) in [5.74, 6) is -1.19. The van der Waals surface area contributed by atoms with Crippen LogP contribution in [0.25, 0.3) is 11.1 Å². The number of hydrogen-bond donors (Lipinski definition) is 0. The summed E-state index contributed by atoms with van der Waals surface area (Å²) in [6, 6.07) is 13.5. The molecule has 0 N–H and O–H groups in total. The molecule has 0 aliphatic rings. The standard InChI is InChI=1S/C17H15FO3/c1-21-17(20)10-9-16(19)13-7-8-14(15(18)11-13)12-5-3-2-4-6-12/h2-8,11H,9-10H2,1H3. The van der Waals surface area contributed by atoms with E-state index >= 15 is 0 Å². The Morgan fingerprint density at radius 1 is 1.05 bits per heavy atom. The zero-order valence-electron chi connectivity index (χ0n) is 11.6. The molecule has 0 heterocycles. The number of hydrogen-bond acceptors (Lipinski definition) is 3. The molecule has 0 saturated carbocycles. The molecular formula is C17H15FO3. The predicted molar refractivity (Wildman–Crippen MR) is 77.4 cm³/mol. The van der Waals surface area contributed by atoms with Crippen molar-refractivity contribution < 1.29 is 18.7 Å². The fourth-order valence-electron chi connectivity index (χ4n) is 2.00. The second-order valence-corrected chi connectivity index (χ2v) is 4.56. The highest BCUT2D eigenvalue weighted by atomic mass is 19.1. The van der Waals surface area contributed by atoms with E-state index in [1.165, 1.54) is 13.2 Å². The Kier molecular flexibility index (Phi) is 4.82. The molecule has 108 valence electrons. The minimum absolute atomic E-state index is 0.00259. The average molecular weight is 286 g/mol. The molecule has 2 aromatic carbocycles. The van der Waals surface area contributed by atoms with Gasteiger partial charge in [0.15, 0.2) is 5.78 Å². The van der Waals surface area contributed by atoms with Crippen LogP contribution in [0.5, 0.6) is 0 Å². The van der Waals surface area contributed by atoms with Crippen LogP contribution < -0.4 is 0 Å². The molecule has 0 spiro atoms. The number of carbonyl (C=O) groups excluding carboxylic acids is 2. The number of rotatable bonds is 5. The van der Waals surface area contributed by atoms with Crippen LogP contribution in [-0.4, -0.2) is 18.9 Å². The molecule has 0 atom stereocenters. The molecule has 0 bridgehead atoms. The van der Waals surface area contributed by atoms with Crippen molar-refractivity contribution in [1.29, 1.82) is 0 Å². The van der Waals surface area contributed by atoms with E-state index in [-0.39, 0.29) is 24.2 Å². The lowest BCUT2D eigenvalue weighted by Crippen LogP contribution is -2.06. The highest BCUT2D eigenvalue weighted by molar-refractivity contribution is 5.98. The first-order chi connectivity index (χ1) is 10.1. The van der Waals surface area contributed by atoms with Crippen LogP contribution in [0.3, 0.4) is 0 Å². The van der Waals surface area contributed by atoms with Gasteiger partial charge in [0.1, 0.15) is 5.82 Å². The fourth-order valence-corrected chi connectivity index (χ4v) is 2.00. The van der Waals surface area contributed by atoms with E-state index in [0.29, 0.717) is 5.56 Å². The number of Topliss-reactive ketones (excluding diaryl/α,β-unsaturated/α-hetero) is 1. The number of ether oxygens (including phenoxy) is 1. The molecule has 0 aliphatic heterocycles. The molecule has 21 heavy (non-hydrogen) atoms. The first kappa shape index (κ1) is 14.9. The molecule has 0 aromatic heterocycles. The normalized spacial score (nSPS) is 10.2. The maximum atomic E-state index is 14.1. The highest BCUT2D eigenvalue weighted by Crippen LogP contribution is 2.23. The Morgan fingerprint density at radius 3 is 2.38 bits per heavy atom. The number of benzene rings is 2. The number of carbonyl (C=O) groups is 2. The summed E-state index contributed by atoms with van der Waals surface area (Å²) >= 11 is 0. The van der Waals surface area contributed by atoms with Gasteiger partial charge in [0, 0.05) is 17.5 Å². The van der Waals surface area contributed by atoms with Crippen LogP contribution in [0.15, 0.2) is 48.5 Å². The maximum absolute atomic E-state index is 14.1. The molecule has 0 amide bonds. The predicted octanol–water partition coefficient (Wildman–Crippen LogP) is 3.63. The molecule has 4 heteroatoms. The fraction of sp³-hybridized carbons (Fsp3) is 0.176. The second kappa shape index (κ2) is 6.79. The smallest absolute Gasteiger partial charge is 0.305 e. The van der Waals surface area contributed by atoms with E-state index in [1.54, 1.807) is 24.3 Å². The molecule has 0 saturated heterocycles. The zero-order valence-corrected chi connectivity index (χ0v) is 11.6. The van der Waals surface area contributed by atoms with Crippen molar-refractivity contribution in [2.45, 2.75) is 12.8 Å². The molecule has 0 radical (unpaired) electrons. The van der Waals surface area contributed by atoms with Crippen molar-refractivity contribution in [3.8, 4) is 11.1 Å². The van der Waals surface area contributed by atoms with Crippen LogP contribution in [0, 0.1) is 5.82 Å². The van der Waals surface area contributed by atoms with Gasteiger partial charge in [0.25, 0.3) is 0 Å². The molecule has 3 nitrogen and oxygen atoms in total. The van der Waals surface area contributed by atoms with Crippen molar-refractivity contribution >= 4 is 11.8 Å². The average Bonchev–Trinajstić information content (AvgIpc) is 2.52. The maximum Gasteiger partial charge on any atom is 0.305 e. The van der Waals surface area contributed by atoms with Crippen LogP contribution in [0.4, 0.5) is 4.39 Å². The van der Waals surface area contributed by atoms with Crippen LogP contribution >= 0.6 is 0 Å². The van der Waals surface area contributed by atoms with Crippen LogP contribution in [-0.2, 0) is 9.53 Å². The van der Waals surface area contributed by atoms with E-state index in [4.69, 9.17) is 0 Å². The van der Waals surface area contributed by atoms with Crippen molar-refractivity contribution in [3.05, 3.63) is 59.9 Å². The van der Waals surface area contributed by atoms with Crippen molar-refractivity contribution in [2.24, 2.45) is 0 Å². The van der Waals surface area contributed by atoms with E-state index in [2.05, 4.69) is 4.74 Å². The van der Waals surface area contributed by atoms with Gasteiger partial charge >= 0.3 is 5.97 Å². The lowest BCUT2D eigenvalue weighted by molar-refractivity contribution is -0.140. The van der Waals surface area contributed by atoms with Gasteiger partial charge in [-0.25, -0.2) is 4.39 Å². The summed E-state index contributed by atoms with van der Waals surface area (Å²) in [6.07, 6.45) is 0.00812. The number of ketones is 1. The Hall–Kier alpha value is -2.49. The van der Waals surface area contributed by atoms with Gasteiger partial charge < -0.3 is 4.74 Å². The third kappa shape index (κ3) is 3.75. The molecular weight excluding hydrogens is 271 g/mol. The lowest BCUT2D eigenvalue weighted by Gasteiger charge is -2.06. The van der Waals surface area contributed by atoms with Gasteiger partial charge in [-0.1, -0.05) is 42.5 Å². The zero-order chi connectivity index (χ0) is 15.2. The molecule has 2 aromatic rings. The van der Waals surface area contributed by atoms with Crippen molar-refractivity contribution in [1.82, 2.24) is 0 Å². The minimum atomic E-state index is -0.454. The largest absolute Gasteiger partial charge is 0.469 e. The molecule has 0 aliphatic carbocycles. The van der Waals surface area contributed by atoms with Crippen LogP contribution in [0.2, 0.25) is 0 Å². The summed E-state index contributed by atoms with van der Waals surface area (Å²) in [4.78, 5) is 22.9. The van der Waals surface area contributed by atoms with E-state index in [0.717, 1.165) is 5.56 Å². The van der Waals surface area contributed by atoms with Gasteiger partial charge in [-0.15, -0.1) is 0 Å². The number of esters is 1. The number of methoxy groups -OCH3 is 1. The van der Waals surface area contributed by atoms with Gasteiger partial charge in [-0.05, 0) is 11.6 Å². The van der Waals surface area contributed by atoms with E-state index in [1.807, 2.05) is 18.2 Å². The third-order valence-corrected chi connectivity index (χ3v) is 3.16. The van der Waals surface area contributed by atoms with Gasteiger partial charge in [0.2, 0.25) is 0 Å². The SMILES string of the molecule is COC(=O)CCC(=O)c1ccc(-c2ccccc2)c(F)c1. The van der Waals surface area contributed by atoms with Gasteiger partial charge in [-0.2, -0.15) is 0 Å². The summed E-state index contributed by atoms with van der Waals surface area (Å²) in [5, 5.41) is 0. The monoisotopic (exact) mass is 286 g/mol. The summed E-state index contributed by atoms with van der Waals surface area (Å²) < 4.78 is 18.6. The molecule has 0 fully saturated rings. The number of halogens is 1. The Morgan fingerprint density at radius 2 is 1.76 bits per heavy atom. The molecule has 2 rings (SSSR count). The van der Waals surface area contributed by atoms with Gasteiger partial charge in [-0.3, -0.25) is 9.59 Å². The Labute approximate surface area is 122 Å². The topological polar surface area (TPSA) is 43.4 Å². The van der Waals surface area contributed by atoms with E-state index in [9.17, 15) is 14.0 Å². The lowest BCUT2D eigenvalue weighted by atomic mass is 10.0. The van der Waals surface area contributed by atoms with Crippen molar-refractivity contribution in [3.63, 3.8) is 0 Å². The third-order valence-electron chi connectivity index (χ3n) is 3.16. The first-order valence-electron chi connectivity index (χ1n) is 6.57. The quantitative estimate of drug-likeness (QED) is 0.622. The minimum Gasteiger partial charge on any atom is -0.469 e. The molecule has 0 unspecified atom stereocenters. The summed E-state index contributed by atoms with van der Waals surface area (Å²) in [5.41, 5.74) is 1.46.